The Morgan fingerprint density at radius 2 is 1.78 bits per heavy atom. The number of hydrogen-bond acceptors (Lipinski definition) is 9. The number of nitrogens with one attached hydrogen (secondary N) is 2. The number of amides is 1. The van der Waals surface area contributed by atoms with Crippen LogP contribution in [0.4, 0.5) is 4.39 Å². The zero-order valence-electron chi connectivity index (χ0n) is 23.2. The average molecular weight is 566 g/mol. The summed E-state index contributed by atoms with van der Waals surface area (Å²) in [5.41, 5.74) is 1.49. The molecule has 1 amide bonds. The lowest BCUT2D eigenvalue weighted by atomic mass is 10.1. The van der Waals surface area contributed by atoms with Gasteiger partial charge in [-0.25, -0.2) is 9.37 Å². The number of hydrogen-bond donors (Lipinski definition) is 3. The van der Waals surface area contributed by atoms with Gasteiger partial charge in [0.25, 0.3) is 5.91 Å². The third-order valence-corrected chi connectivity index (χ3v) is 6.11. The van der Waals surface area contributed by atoms with Crippen molar-refractivity contribution in [1.29, 1.82) is 0 Å². The number of carbonyl (C=O) groups is 2. The molecule has 0 radical (unpaired) electrons. The maximum absolute atomic E-state index is 14.9. The van der Waals surface area contributed by atoms with Crippen molar-refractivity contribution in [1.82, 2.24) is 25.8 Å². The van der Waals surface area contributed by atoms with Crippen LogP contribution in [0, 0.1) is 5.82 Å². The van der Waals surface area contributed by atoms with Gasteiger partial charge in [0.2, 0.25) is 17.6 Å². The Kier molecular flexibility index (Phi) is 9.45. The first-order valence-electron chi connectivity index (χ1n) is 13.2. The van der Waals surface area contributed by atoms with Crippen LogP contribution >= 0.6 is 0 Å². The minimum Gasteiger partial charge on any atom is -0.481 e. The number of nitrogens with zero attached hydrogens (tertiary/aromatic N) is 3. The molecule has 4 aromatic rings. The molecule has 0 aliphatic carbocycles. The van der Waals surface area contributed by atoms with E-state index in [0.717, 1.165) is 5.56 Å². The third kappa shape index (κ3) is 7.54. The first kappa shape index (κ1) is 29.4. The van der Waals surface area contributed by atoms with E-state index in [1.54, 1.807) is 25.1 Å². The molecular formula is C29H32FN5O6. The van der Waals surface area contributed by atoms with Crippen molar-refractivity contribution in [3.8, 4) is 28.4 Å². The van der Waals surface area contributed by atoms with Gasteiger partial charge in [0.1, 0.15) is 23.5 Å². The van der Waals surface area contributed by atoms with Crippen molar-refractivity contribution in [2.75, 3.05) is 13.1 Å². The Hall–Kier alpha value is -4.58. The van der Waals surface area contributed by atoms with Crippen molar-refractivity contribution in [2.24, 2.45) is 0 Å². The van der Waals surface area contributed by atoms with E-state index < -0.39 is 29.8 Å². The van der Waals surface area contributed by atoms with E-state index >= 15 is 0 Å². The predicted molar refractivity (Wildman–Crippen MR) is 147 cm³/mol. The van der Waals surface area contributed by atoms with Gasteiger partial charge in [-0.2, -0.15) is 4.98 Å². The molecule has 4 rings (SSSR count). The molecule has 0 saturated carbocycles. The van der Waals surface area contributed by atoms with Crippen LogP contribution in [0.25, 0.3) is 22.6 Å². The SMILES string of the molecule is CCC(Oc1ccc(-c2noc(C(C)C)n2)cc1)c1nc(-c2ccc(C(=O)N[C@@H](C)CNCC(=O)O)c(F)c2)co1. The van der Waals surface area contributed by atoms with Crippen LogP contribution in [-0.2, 0) is 4.79 Å². The summed E-state index contributed by atoms with van der Waals surface area (Å²) in [7, 11) is 0. The van der Waals surface area contributed by atoms with Gasteiger partial charge in [-0.3, -0.25) is 9.59 Å². The molecule has 3 N–H and O–H groups in total. The zero-order valence-corrected chi connectivity index (χ0v) is 23.2. The second kappa shape index (κ2) is 13.2. The fraction of sp³-hybridized carbons (Fsp3) is 0.345. The van der Waals surface area contributed by atoms with Gasteiger partial charge in [0, 0.05) is 29.6 Å². The molecule has 0 bridgehead atoms. The number of carboxylic acids is 1. The van der Waals surface area contributed by atoms with Crippen LogP contribution in [0.15, 0.2) is 57.7 Å². The molecule has 2 aromatic heterocycles. The smallest absolute Gasteiger partial charge is 0.317 e. The quantitative estimate of drug-likeness (QED) is 0.202. The van der Waals surface area contributed by atoms with E-state index in [1.165, 1.54) is 18.4 Å². The molecule has 12 heteroatoms. The van der Waals surface area contributed by atoms with Crippen molar-refractivity contribution in [3.05, 3.63) is 71.9 Å². The van der Waals surface area contributed by atoms with Crippen molar-refractivity contribution < 1.29 is 32.8 Å². The zero-order chi connectivity index (χ0) is 29.5. The topological polar surface area (TPSA) is 153 Å². The first-order chi connectivity index (χ1) is 19.6. The molecule has 0 aliphatic rings. The molecule has 11 nitrogen and oxygen atoms in total. The number of ether oxygens (including phenoxy) is 1. The second-order valence-electron chi connectivity index (χ2n) is 9.81. The Bertz CT molecular complexity index is 1480. The lowest BCUT2D eigenvalue weighted by molar-refractivity contribution is -0.135. The number of carboxylic acid groups (broad SMARTS) is 1. The summed E-state index contributed by atoms with van der Waals surface area (Å²) in [5.74, 6) is -0.195. The molecule has 0 spiro atoms. The lowest BCUT2D eigenvalue weighted by Crippen LogP contribution is -2.41. The summed E-state index contributed by atoms with van der Waals surface area (Å²) in [5, 5.41) is 18.0. The number of rotatable bonds is 13. The summed E-state index contributed by atoms with van der Waals surface area (Å²) in [6.07, 6.45) is 1.49. The summed E-state index contributed by atoms with van der Waals surface area (Å²) in [6, 6.07) is 11.0. The van der Waals surface area contributed by atoms with Crippen LogP contribution in [0.1, 0.15) is 68.3 Å². The minimum atomic E-state index is -1.01. The van der Waals surface area contributed by atoms with Crippen molar-refractivity contribution in [2.45, 2.75) is 52.2 Å². The van der Waals surface area contributed by atoms with Crippen molar-refractivity contribution in [3.63, 3.8) is 0 Å². The molecule has 2 atom stereocenters. The number of halogens is 1. The minimum absolute atomic E-state index is 0.137. The van der Waals surface area contributed by atoms with Gasteiger partial charge in [0.05, 0.1) is 12.1 Å². The molecule has 0 aliphatic heterocycles. The molecule has 0 fully saturated rings. The Labute approximate surface area is 236 Å². The Morgan fingerprint density at radius 3 is 2.41 bits per heavy atom. The highest BCUT2D eigenvalue weighted by atomic mass is 19.1. The van der Waals surface area contributed by atoms with Crippen LogP contribution < -0.4 is 15.4 Å². The molecule has 2 aromatic carbocycles. The maximum Gasteiger partial charge on any atom is 0.317 e. The third-order valence-electron chi connectivity index (χ3n) is 6.11. The fourth-order valence-corrected chi connectivity index (χ4v) is 3.92. The van der Waals surface area contributed by atoms with E-state index in [2.05, 4.69) is 25.8 Å². The standard InChI is InChI=1S/C29H32FN5O6/c1-5-24(40-20-9-6-18(7-10-20)26-34-28(16(2)3)41-35-26)29-33-23(15-39-29)19-8-11-21(22(30)12-19)27(38)32-17(4)13-31-14-25(36)37/h6-12,15-17,24,31H,5,13-14H2,1-4H3,(H,32,38)(H,36,37)/t17-,24?/m0/s1. The first-order valence-corrected chi connectivity index (χ1v) is 13.2. The molecule has 41 heavy (non-hydrogen) atoms. The van der Waals surface area contributed by atoms with Crippen LogP contribution in [0.3, 0.4) is 0 Å². The van der Waals surface area contributed by atoms with Gasteiger partial charge in [-0.1, -0.05) is 32.0 Å². The maximum atomic E-state index is 14.9. The van der Waals surface area contributed by atoms with Crippen LogP contribution in [0.2, 0.25) is 0 Å². The number of oxazole rings is 1. The van der Waals surface area contributed by atoms with Crippen LogP contribution in [0.5, 0.6) is 5.75 Å². The van der Waals surface area contributed by atoms with E-state index in [9.17, 15) is 14.0 Å². The molecule has 1 unspecified atom stereocenters. The fourth-order valence-electron chi connectivity index (χ4n) is 3.92. The van der Waals surface area contributed by atoms with Gasteiger partial charge in [-0.05, 0) is 49.7 Å². The highest BCUT2D eigenvalue weighted by Gasteiger charge is 2.21. The Balaban J connectivity index is 1.39. The van der Waals surface area contributed by atoms with E-state index in [-0.39, 0.29) is 24.6 Å². The van der Waals surface area contributed by atoms with Gasteiger partial charge < -0.3 is 29.4 Å². The summed E-state index contributed by atoms with van der Waals surface area (Å²) in [6.45, 7) is 7.57. The van der Waals surface area contributed by atoms with Gasteiger partial charge >= 0.3 is 5.97 Å². The Morgan fingerprint density at radius 1 is 1.05 bits per heavy atom. The summed E-state index contributed by atoms with van der Waals surface area (Å²) in [4.78, 5) is 32.0. The molecular weight excluding hydrogens is 533 g/mol. The largest absolute Gasteiger partial charge is 0.481 e. The summed E-state index contributed by atoms with van der Waals surface area (Å²) >= 11 is 0. The number of aliphatic carboxylic acids is 1. The number of aromatic nitrogens is 3. The molecule has 0 saturated heterocycles. The monoisotopic (exact) mass is 565 g/mol. The van der Waals surface area contributed by atoms with E-state index in [1.807, 2.05) is 32.9 Å². The second-order valence-corrected chi connectivity index (χ2v) is 9.81. The van der Waals surface area contributed by atoms with E-state index in [4.69, 9.17) is 18.8 Å². The number of carbonyl (C=O) groups excluding carboxylic acids is 1. The van der Waals surface area contributed by atoms with Crippen molar-refractivity contribution >= 4 is 11.9 Å². The average Bonchev–Trinajstić information content (AvgIpc) is 3.63. The van der Waals surface area contributed by atoms with Crippen LogP contribution in [-0.4, -0.2) is 51.2 Å². The van der Waals surface area contributed by atoms with E-state index in [0.29, 0.717) is 41.0 Å². The highest BCUT2D eigenvalue weighted by molar-refractivity contribution is 5.95. The predicted octanol–water partition coefficient (Wildman–Crippen LogP) is 4.98. The summed E-state index contributed by atoms with van der Waals surface area (Å²) < 4.78 is 31.9. The van der Waals surface area contributed by atoms with Gasteiger partial charge in [0.15, 0.2) is 6.10 Å². The number of benzene rings is 2. The molecule has 2 heterocycles. The normalized spacial score (nSPS) is 12.7. The van der Waals surface area contributed by atoms with Gasteiger partial charge in [-0.15, -0.1) is 0 Å². The highest BCUT2D eigenvalue weighted by Crippen LogP contribution is 2.29. The lowest BCUT2D eigenvalue weighted by Gasteiger charge is -2.15. The molecule has 216 valence electrons.